The predicted molar refractivity (Wildman–Crippen MR) is 42.2 cm³/mol. The number of alkyl halides is 1. The Hall–Kier alpha value is 0.210. The van der Waals surface area contributed by atoms with E-state index in [1.165, 1.54) is 0 Å². The first-order chi connectivity index (χ1) is 4.74. The molecular formula is C7H14ClNO. The predicted octanol–water partition coefficient (Wildman–Crippen LogP) is 1.20. The van der Waals surface area contributed by atoms with Crippen LogP contribution in [0.15, 0.2) is 0 Å². The molecule has 60 valence electrons. The van der Waals surface area contributed by atoms with E-state index in [1.807, 2.05) is 0 Å². The van der Waals surface area contributed by atoms with E-state index in [0.717, 1.165) is 13.0 Å². The molecule has 1 aliphatic heterocycles. The van der Waals surface area contributed by atoms with Crippen LogP contribution in [0, 0.1) is 5.92 Å². The average Bonchev–Trinajstić information content (AvgIpc) is 1.95. The molecular weight excluding hydrogens is 150 g/mol. The average molecular weight is 164 g/mol. The molecule has 10 heavy (non-hydrogen) atoms. The second-order valence-electron chi connectivity index (χ2n) is 2.88. The molecule has 0 saturated carbocycles. The molecule has 3 unspecified atom stereocenters. The Morgan fingerprint density at radius 3 is 2.80 bits per heavy atom. The Kier molecular flexibility index (Phi) is 2.96. The van der Waals surface area contributed by atoms with Gasteiger partial charge in [0.15, 0.2) is 0 Å². The van der Waals surface area contributed by atoms with Crippen molar-refractivity contribution in [3.63, 3.8) is 0 Å². The minimum atomic E-state index is 0.131. The Morgan fingerprint density at radius 1 is 1.60 bits per heavy atom. The van der Waals surface area contributed by atoms with E-state index in [0.29, 0.717) is 12.0 Å². The van der Waals surface area contributed by atoms with Gasteiger partial charge in [-0.3, -0.25) is 5.32 Å². The van der Waals surface area contributed by atoms with Crippen molar-refractivity contribution in [1.29, 1.82) is 0 Å². The molecule has 0 amide bonds. The van der Waals surface area contributed by atoms with Gasteiger partial charge in [-0.15, -0.1) is 11.6 Å². The van der Waals surface area contributed by atoms with Gasteiger partial charge >= 0.3 is 0 Å². The van der Waals surface area contributed by atoms with Crippen LogP contribution in [0.1, 0.15) is 13.3 Å². The Labute approximate surface area is 66.9 Å². The summed E-state index contributed by atoms with van der Waals surface area (Å²) < 4.78 is 5.19. The van der Waals surface area contributed by atoms with Crippen molar-refractivity contribution in [3.8, 4) is 0 Å². The maximum absolute atomic E-state index is 5.92. The summed E-state index contributed by atoms with van der Waals surface area (Å²) in [5, 5.41) is 3.17. The van der Waals surface area contributed by atoms with E-state index in [1.54, 1.807) is 7.11 Å². The Bertz CT molecular complexity index is 110. The van der Waals surface area contributed by atoms with Gasteiger partial charge in [-0.05, 0) is 12.3 Å². The van der Waals surface area contributed by atoms with E-state index in [-0.39, 0.29) is 5.50 Å². The SMILES string of the molecule is COC1CNC(Cl)C(C)C1. The highest BCUT2D eigenvalue weighted by atomic mass is 35.5. The molecule has 0 spiro atoms. The van der Waals surface area contributed by atoms with Crippen molar-refractivity contribution >= 4 is 11.6 Å². The molecule has 1 rings (SSSR count). The van der Waals surface area contributed by atoms with Crippen LogP contribution < -0.4 is 5.32 Å². The van der Waals surface area contributed by atoms with Crippen LogP contribution in [0.5, 0.6) is 0 Å². The van der Waals surface area contributed by atoms with Gasteiger partial charge in [0.1, 0.15) is 0 Å². The lowest BCUT2D eigenvalue weighted by molar-refractivity contribution is 0.0602. The van der Waals surface area contributed by atoms with E-state index in [4.69, 9.17) is 16.3 Å². The van der Waals surface area contributed by atoms with Crippen LogP contribution in [0.25, 0.3) is 0 Å². The molecule has 1 saturated heterocycles. The Balaban J connectivity index is 2.33. The van der Waals surface area contributed by atoms with E-state index in [2.05, 4.69) is 12.2 Å². The van der Waals surface area contributed by atoms with Gasteiger partial charge < -0.3 is 4.74 Å². The summed E-state index contributed by atoms with van der Waals surface area (Å²) in [5.74, 6) is 0.514. The number of hydrogen-bond acceptors (Lipinski definition) is 2. The molecule has 0 bridgehead atoms. The van der Waals surface area contributed by atoms with Gasteiger partial charge in [-0.2, -0.15) is 0 Å². The minimum Gasteiger partial charge on any atom is -0.380 e. The van der Waals surface area contributed by atoms with Crippen molar-refractivity contribution in [1.82, 2.24) is 5.32 Å². The number of nitrogens with one attached hydrogen (secondary N) is 1. The first-order valence-electron chi connectivity index (χ1n) is 3.64. The van der Waals surface area contributed by atoms with Crippen molar-refractivity contribution in [2.45, 2.75) is 24.9 Å². The maximum Gasteiger partial charge on any atom is 0.0853 e. The quantitative estimate of drug-likeness (QED) is 0.463. The monoisotopic (exact) mass is 163 g/mol. The highest BCUT2D eigenvalue weighted by Gasteiger charge is 2.24. The lowest BCUT2D eigenvalue weighted by atomic mass is 9.99. The maximum atomic E-state index is 5.92. The molecule has 1 N–H and O–H groups in total. The number of methoxy groups -OCH3 is 1. The van der Waals surface area contributed by atoms with Crippen molar-refractivity contribution < 1.29 is 4.74 Å². The fourth-order valence-electron chi connectivity index (χ4n) is 1.24. The highest BCUT2D eigenvalue weighted by Crippen LogP contribution is 2.19. The third-order valence-corrected chi connectivity index (χ3v) is 2.59. The molecule has 0 aromatic carbocycles. The summed E-state index contributed by atoms with van der Waals surface area (Å²) in [5.41, 5.74) is 0.131. The van der Waals surface area contributed by atoms with Gasteiger partial charge in [0, 0.05) is 13.7 Å². The second-order valence-corrected chi connectivity index (χ2v) is 3.35. The van der Waals surface area contributed by atoms with Gasteiger partial charge in [0.05, 0.1) is 11.6 Å². The van der Waals surface area contributed by atoms with Gasteiger partial charge in [-0.1, -0.05) is 6.92 Å². The van der Waals surface area contributed by atoms with Gasteiger partial charge in [0.2, 0.25) is 0 Å². The van der Waals surface area contributed by atoms with Crippen LogP contribution in [0.3, 0.4) is 0 Å². The van der Waals surface area contributed by atoms with Crippen molar-refractivity contribution in [3.05, 3.63) is 0 Å². The molecule has 0 aromatic rings. The highest BCUT2D eigenvalue weighted by molar-refractivity contribution is 6.20. The summed E-state index contributed by atoms with van der Waals surface area (Å²) in [6, 6.07) is 0. The van der Waals surface area contributed by atoms with E-state index in [9.17, 15) is 0 Å². The zero-order valence-electron chi connectivity index (χ0n) is 6.43. The summed E-state index contributed by atoms with van der Waals surface area (Å²) in [4.78, 5) is 0. The van der Waals surface area contributed by atoms with E-state index < -0.39 is 0 Å². The minimum absolute atomic E-state index is 0.131. The Morgan fingerprint density at radius 2 is 2.30 bits per heavy atom. The van der Waals surface area contributed by atoms with Crippen molar-refractivity contribution in [2.75, 3.05) is 13.7 Å². The first kappa shape index (κ1) is 8.31. The first-order valence-corrected chi connectivity index (χ1v) is 4.08. The number of halogens is 1. The molecule has 3 heteroatoms. The topological polar surface area (TPSA) is 21.3 Å². The van der Waals surface area contributed by atoms with Crippen LogP contribution >= 0.6 is 11.6 Å². The van der Waals surface area contributed by atoms with Gasteiger partial charge in [-0.25, -0.2) is 0 Å². The molecule has 0 radical (unpaired) electrons. The van der Waals surface area contributed by atoms with Crippen LogP contribution in [0.2, 0.25) is 0 Å². The van der Waals surface area contributed by atoms with Crippen molar-refractivity contribution in [2.24, 2.45) is 5.92 Å². The van der Waals surface area contributed by atoms with E-state index >= 15 is 0 Å². The number of ether oxygens (including phenoxy) is 1. The fraction of sp³-hybridized carbons (Fsp3) is 1.00. The number of rotatable bonds is 1. The molecule has 0 aliphatic carbocycles. The van der Waals surface area contributed by atoms with Crippen LogP contribution in [-0.4, -0.2) is 25.3 Å². The molecule has 3 atom stereocenters. The normalized spacial score (nSPS) is 41.7. The number of piperidine rings is 1. The lowest BCUT2D eigenvalue weighted by Crippen LogP contribution is -2.44. The van der Waals surface area contributed by atoms with Crippen LogP contribution in [-0.2, 0) is 4.74 Å². The number of hydrogen-bond donors (Lipinski definition) is 1. The molecule has 2 nitrogen and oxygen atoms in total. The lowest BCUT2D eigenvalue weighted by Gasteiger charge is -2.30. The molecule has 0 aromatic heterocycles. The second kappa shape index (κ2) is 3.56. The zero-order valence-corrected chi connectivity index (χ0v) is 7.19. The third kappa shape index (κ3) is 1.84. The summed E-state index contributed by atoms with van der Waals surface area (Å²) in [6.07, 6.45) is 1.42. The molecule has 1 aliphatic rings. The third-order valence-electron chi connectivity index (χ3n) is 2.01. The standard InChI is InChI=1S/C7H14ClNO/c1-5-3-6(10-2)4-9-7(5)8/h5-7,9H,3-4H2,1-2H3. The molecule has 1 heterocycles. The summed E-state index contributed by atoms with van der Waals surface area (Å²) in [6.45, 7) is 3.02. The smallest absolute Gasteiger partial charge is 0.0853 e. The van der Waals surface area contributed by atoms with Gasteiger partial charge in [0.25, 0.3) is 0 Å². The summed E-state index contributed by atoms with van der Waals surface area (Å²) >= 11 is 5.92. The largest absolute Gasteiger partial charge is 0.380 e. The zero-order chi connectivity index (χ0) is 7.56. The summed E-state index contributed by atoms with van der Waals surface area (Å²) in [7, 11) is 1.74. The molecule has 1 fully saturated rings. The fourth-order valence-corrected chi connectivity index (χ4v) is 1.43. The van der Waals surface area contributed by atoms with Crippen LogP contribution in [0.4, 0.5) is 0 Å².